The Bertz CT molecular complexity index is 1720. The zero-order chi connectivity index (χ0) is 28.6. The minimum atomic E-state index is -0.949. The van der Waals surface area contributed by atoms with Crippen LogP contribution in [0.15, 0.2) is 62.4 Å². The number of fused-ring (bicyclic) bond motifs is 1. The fourth-order valence-corrected chi connectivity index (χ4v) is 5.53. The smallest absolute Gasteiger partial charge is 0.338 e. The molecule has 14 heteroatoms. The van der Waals surface area contributed by atoms with Crippen molar-refractivity contribution >= 4 is 46.5 Å². The summed E-state index contributed by atoms with van der Waals surface area (Å²) in [5, 5.41) is 33.1. The molecule has 0 amide bonds. The van der Waals surface area contributed by atoms with Crippen LogP contribution in [0.5, 0.6) is 5.75 Å². The molecule has 202 valence electrons. The molecular formula is C25H22N4O8S2. The van der Waals surface area contributed by atoms with E-state index in [1.807, 2.05) is 18.4 Å². The molecule has 0 spiro atoms. The van der Waals surface area contributed by atoms with Gasteiger partial charge in [-0.2, -0.15) is 0 Å². The number of benzene rings is 2. The third-order valence-electron chi connectivity index (χ3n) is 5.81. The van der Waals surface area contributed by atoms with Gasteiger partial charge >= 0.3 is 11.7 Å². The quantitative estimate of drug-likeness (QED) is 0.194. The summed E-state index contributed by atoms with van der Waals surface area (Å²) in [4.78, 5) is 53.5. The predicted molar refractivity (Wildman–Crippen MR) is 145 cm³/mol. The summed E-state index contributed by atoms with van der Waals surface area (Å²) in [6, 6.07) is 8.00. The second-order valence-electron chi connectivity index (χ2n) is 8.73. The van der Waals surface area contributed by atoms with Gasteiger partial charge in [0.15, 0.2) is 4.80 Å². The van der Waals surface area contributed by atoms with Gasteiger partial charge in [-0.15, -0.1) is 11.8 Å². The largest absolute Gasteiger partial charge is 0.502 e. The van der Waals surface area contributed by atoms with Crippen molar-refractivity contribution in [2.75, 3.05) is 6.26 Å². The van der Waals surface area contributed by atoms with E-state index in [0.717, 1.165) is 28.4 Å². The van der Waals surface area contributed by atoms with Crippen molar-refractivity contribution in [2.45, 2.75) is 37.8 Å². The van der Waals surface area contributed by atoms with Crippen LogP contribution >= 0.6 is 23.1 Å². The molecule has 0 unspecified atom stereocenters. The minimum absolute atomic E-state index is 0.00384. The molecule has 0 saturated heterocycles. The molecule has 1 atom stereocenters. The van der Waals surface area contributed by atoms with Crippen LogP contribution in [0.2, 0.25) is 0 Å². The van der Waals surface area contributed by atoms with Gasteiger partial charge in [-0.3, -0.25) is 29.6 Å². The van der Waals surface area contributed by atoms with Crippen molar-refractivity contribution in [3.05, 3.63) is 98.7 Å². The van der Waals surface area contributed by atoms with E-state index in [4.69, 9.17) is 4.74 Å². The summed E-state index contributed by atoms with van der Waals surface area (Å²) < 4.78 is 6.77. The lowest BCUT2D eigenvalue weighted by Crippen LogP contribution is -2.40. The van der Waals surface area contributed by atoms with Crippen LogP contribution in [0.25, 0.3) is 6.08 Å². The highest BCUT2D eigenvalue weighted by Gasteiger charge is 2.34. The van der Waals surface area contributed by atoms with Crippen LogP contribution in [0.1, 0.15) is 37.9 Å². The lowest BCUT2D eigenvalue weighted by atomic mass is 9.96. The van der Waals surface area contributed by atoms with Gasteiger partial charge in [-0.25, -0.2) is 9.79 Å². The maximum atomic E-state index is 13.7. The monoisotopic (exact) mass is 570 g/mol. The number of hydrogen-bond donors (Lipinski definition) is 1. The Morgan fingerprint density at radius 2 is 1.87 bits per heavy atom. The third-order valence-corrected chi connectivity index (χ3v) is 7.54. The maximum absolute atomic E-state index is 13.7. The number of esters is 1. The zero-order valence-corrected chi connectivity index (χ0v) is 22.7. The Hall–Kier alpha value is -4.30. The number of phenolic OH excluding ortho intramolecular Hbond substituents is 1. The number of thiazole rings is 1. The molecule has 0 bridgehead atoms. The van der Waals surface area contributed by atoms with Crippen molar-refractivity contribution in [2.24, 2.45) is 4.99 Å². The number of nitrogens with zero attached hydrogens (tertiary/aromatic N) is 4. The van der Waals surface area contributed by atoms with Crippen LogP contribution in [0.4, 0.5) is 11.4 Å². The highest BCUT2D eigenvalue weighted by atomic mass is 32.2. The first-order valence-corrected chi connectivity index (χ1v) is 13.5. The summed E-state index contributed by atoms with van der Waals surface area (Å²) in [5.74, 6) is -1.45. The second kappa shape index (κ2) is 10.8. The minimum Gasteiger partial charge on any atom is -0.502 e. The maximum Gasteiger partial charge on any atom is 0.338 e. The fourth-order valence-electron chi connectivity index (χ4n) is 4.08. The molecule has 1 aliphatic heterocycles. The first-order valence-electron chi connectivity index (χ1n) is 11.5. The molecule has 3 aromatic rings. The number of rotatable bonds is 7. The first kappa shape index (κ1) is 27.7. The molecule has 39 heavy (non-hydrogen) atoms. The van der Waals surface area contributed by atoms with Gasteiger partial charge in [0.2, 0.25) is 5.75 Å². The molecule has 1 aliphatic rings. The number of allylic oxidation sites excluding steroid dienone is 1. The number of carbonyl (C=O) groups is 1. The summed E-state index contributed by atoms with van der Waals surface area (Å²) >= 11 is 2.45. The molecule has 0 fully saturated rings. The van der Waals surface area contributed by atoms with Crippen molar-refractivity contribution < 1.29 is 24.5 Å². The molecule has 2 aromatic carbocycles. The number of carbonyl (C=O) groups excluding carboxylic acids is 1. The van der Waals surface area contributed by atoms with E-state index in [-0.39, 0.29) is 20.5 Å². The van der Waals surface area contributed by atoms with Crippen molar-refractivity contribution in [3.8, 4) is 5.75 Å². The number of ether oxygens (including phenoxy) is 1. The van der Waals surface area contributed by atoms with Gasteiger partial charge in [-0.1, -0.05) is 23.5 Å². The Morgan fingerprint density at radius 1 is 1.21 bits per heavy atom. The Balaban J connectivity index is 1.98. The van der Waals surface area contributed by atoms with Gasteiger partial charge in [0.05, 0.1) is 43.9 Å². The zero-order valence-electron chi connectivity index (χ0n) is 21.1. The van der Waals surface area contributed by atoms with Crippen LogP contribution < -0.4 is 14.9 Å². The average Bonchev–Trinajstić information content (AvgIpc) is 3.17. The highest BCUT2D eigenvalue weighted by Crippen LogP contribution is 2.35. The van der Waals surface area contributed by atoms with E-state index in [2.05, 4.69) is 4.99 Å². The van der Waals surface area contributed by atoms with E-state index in [9.17, 15) is 34.9 Å². The Labute approximate surface area is 228 Å². The predicted octanol–water partition coefficient (Wildman–Crippen LogP) is 3.43. The van der Waals surface area contributed by atoms with Gasteiger partial charge in [0.25, 0.3) is 11.2 Å². The van der Waals surface area contributed by atoms with Crippen LogP contribution in [-0.4, -0.2) is 37.8 Å². The van der Waals surface area contributed by atoms with Crippen molar-refractivity contribution in [1.82, 2.24) is 4.57 Å². The van der Waals surface area contributed by atoms with E-state index in [1.165, 1.54) is 16.3 Å². The molecular weight excluding hydrogens is 548 g/mol. The number of hydrogen-bond acceptors (Lipinski definition) is 11. The van der Waals surface area contributed by atoms with Crippen molar-refractivity contribution in [3.63, 3.8) is 0 Å². The van der Waals surface area contributed by atoms with Gasteiger partial charge in [0, 0.05) is 16.5 Å². The number of thioether (sulfide) groups is 1. The summed E-state index contributed by atoms with van der Waals surface area (Å²) in [7, 11) is 0. The molecule has 0 saturated carbocycles. The molecule has 0 radical (unpaired) electrons. The number of nitro groups is 2. The highest BCUT2D eigenvalue weighted by molar-refractivity contribution is 7.98. The number of phenols is 1. The lowest BCUT2D eigenvalue weighted by Gasteiger charge is -2.25. The van der Waals surface area contributed by atoms with Crippen LogP contribution in [0.3, 0.4) is 0 Å². The SMILES string of the molecule is CSc1ccc([C@@H]2C(C(=O)OC(C)C)=C(C)N=c3s/c(=C\c4cc([N+](=O)[O-])cc([N+](=O)[O-])c4O)c(=O)n32)cc1. The molecule has 2 heterocycles. The van der Waals surface area contributed by atoms with Crippen LogP contribution in [0, 0.1) is 20.2 Å². The molecule has 1 aromatic heterocycles. The Morgan fingerprint density at radius 3 is 2.44 bits per heavy atom. The number of nitro benzene ring substituents is 2. The lowest BCUT2D eigenvalue weighted by molar-refractivity contribution is -0.394. The number of aromatic hydroxyl groups is 1. The summed E-state index contributed by atoms with van der Waals surface area (Å²) in [6.07, 6.45) is 2.63. The number of non-ortho nitro benzene ring substituents is 1. The topological polar surface area (TPSA) is 167 Å². The standard InChI is InChI=1S/C25H22N4O8S2/c1-12(2)37-24(32)20-13(3)26-25-27(21(20)14-5-7-17(38-4)8-6-14)23(31)19(39-25)10-15-9-16(28(33)34)11-18(22(15)30)29(35)36/h5-12,21,30H,1-4H3/b19-10-/t21-/m1/s1. The third kappa shape index (κ3) is 5.33. The normalized spacial score (nSPS) is 15.2. The van der Waals surface area contributed by atoms with Crippen molar-refractivity contribution in [1.29, 1.82) is 0 Å². The second-order valence-corrected chi connectivity index (χ2v) is 10.6. The van der Waals surface area contributed by atoms with Crippen LogP contribution in [-0.2, 0) is 9.53 Å². The first-order chi connectivity index (χ1) is 18.4. The van der Waals surface area contributed by atoms with Gasteiger partial charge < -0.3 is 9.84 Å². The fraction of sp³-hybridized carbons (Fsp3) is 0.240. The molecule has 4 rings (SSSR count). The molecule has 0 aliphatic carbocycles. The average molecular weight is 571 g/mol. The van der Waals surface area contributed by atoms with E-state index < -0.39 is 50.6 Å². The molecule has 1 N–H and O–H groups in total. The van der Waals surface area contributed by atoms with E-state index in [1.54, 1.807) is 32.9 Å². The van der Waals surface area contributed by atoms with Gasteiger partial charge in [-0.05, 0) is 50.8 Å². The number of aromatic nitrogens is 1. The van der Waals surface area contributed by atoms with E-state index in [0.29, 0.717) is 17.3 Å². The summed E-state index contributed by atoms with van der Waals surface area (Å²) in [6.45, 7) is 5.04. The summed E-state index contributed by atoms with van der Waals surface area (Å²) in [5.41, 5.74) is -1.23. The van der Waals surface area contributed by atoms with E-state index >= 15 is 0 Å². The molecule has 12 nitrogen and oxygen atoms in total. The van der Waals surface area contributed by atoms with Gasteiger partial charge in [0.1, 0.15) is 0 Å². The Kier molecular flexibility index (Phi) is 7.70.